The Morgan fingerprint density at radius 2 is 2.00 bits per heavy atom. The van der Waals surface area contributed by atoms with E-state index in [2.05, 4.69) is 9.88 Å². The number of benzene rings is 1. The molecule has 0 aliphatic rings. The highest BCUT2D eigenvalue weighted by atomic mass is 35.5. The van der Waals surface area contributed by atoms with Crippen LogP contribution in [-0.4, -0.2) is 26.1 Å². The van der Waals surface area contributed by atoms with Crippen molar-refractivity contribution in [2.75, 3.05) is 6.54 Å². The molecule has 1 heterocycles. The molecule has 0 aliphatic carbocycles. The van der Waals surface area contributed by atoms with Gasteiger partial charge in [-0.15, -0.1) is 0 Å². The zero-order valence-electron chi connectivity index (χ0n) is 12.8. The van der Waals surface area contributed by atoms with Gasteiger partial charge in [0.25, 0.3) is 0 Å². The predicted octanol–water partition coefficient (Wildman–Crippen LogP) is 2.62. The number of hydrogen-bond acceptors (Lipinski definition) is 6. The number of carbonyl (C=O) groups excluding carboxylic acids is 1. The zero-order chi connectivity index (χ0) is 17.9. The van der Waals surface area contributed by atoms with E-state index in [-0.39, 0.29) is 21.5 Å². The van der Waals surface area contributed by atoms with Gasteiger partial charge in [-0.1, -0.05) is 28.4 Å². The quantitative estimate of drug-likeness (QED) is 0.758. The molecule has 1 aromatic heterocycles. The predicted molar refractivity (Wildman–Crippen MR) is 87.4 cm³/mol. The van der Waals surface area contributed by atoms with Crippen molar-refractivity contribution < 1.29 is 22.5 Å². The molecule has 24 heavy (non-hydrogen) atoms. The zero-order valence-corrected chi connectivity index (χ0v) is 15.1. The van der Waals surface area contributed by atoms with E-state index < -0.39 is 22.5 Å². The molecular weight excluding hydrogens is 379 g/mol. The highest BCUT2D eigenvalue weighted by molar-refractivity contribution is 7.89. The van der Waals surface area contributed by atoms with E-state index in [0.717, 1.165) is 0 Å². The fraction of sp³-hybridized carbons (Fsp3) is 0.286. The molecule has 0 saturated carbocycles. The maximum atomic E-state index is 12.1. The number of nitrogens with zero attached hydrogens (tertiary/aromatic N) is 1. The average Bonchev–Trinajstić information content (AvgIpc) is 2.84. The maximum absolute atomic E-state index is 12.1. The molecule has 2 aromatic rings. The summed E-state index contributed by atoms with van der Waals surface area (Å²) in [5.74, 6) is -0.199. The number of hydrogen-bond donors (Lipinski definition) is 1. The van der Waals surface area contributed by atoms with Crippen molar-refractivity contribution in [3.8, 4) is 0 Å². The van der Waals surface area contributed by atoms with Crippen molar-refractivity contribution in [1.29, 1.82) is 0 Å². The van der Waals surface area contributed by atoms with Gasteiger partial charge in [-0.3, -0.25) is 4.79 Å². The molecule has 1 aromatic carbocycles. The van der Waals surface area contributed by atoms with Gasteiger partial charge in [0.1, 0.15) is 18.9 Å². The Kier molecular flexibility index (Phi) is 5.87. The minimum Gasteiger partial charge on any atom is -0.460 e. The standard InChI is InChI=1S/C14H14Cl2N2O5S/c1-8-11(9(2)23-18-8)7-22-14(19)6-17-24(20,21)10-3-4-12(15)13(16)5-10/h3-5,17H,6-7H2,1-2H3. The third-order valence-corrected chi connectivity index (χ3v) is 5.30. The van der Waals surface area contributed by atoms with Crippen LogP contribution in [0.25, 0.3) is 0 Å². The van der Waals surface area contributed by atoms with E-state index in [1.807, 2.05) is 0 Å². The molecule has 0 saturated heterocycles. The first kappa shape index (κ1) is 18.7. The number of ether oxygens (including phenoxy) is 1. The Morgan fingerprint density at radius 3 is 2.58 bits per heavy atom. The Labute approximate surface area is 148 Å². The Hall–Kier alpha value is -1.61. The number of aromatic nitrogens is 1. The van der Waals surface area contributed by atoms with Crippen LogP contribution >= 0.6 is 23.2 Å². The summed E-state index contributed by atoms with van der Waals surface area (Å²) in [5, 5.41) is 4.06. The molecule has 130 valence electrons. The maximum Gasteiger partial charge on any atom is 0.321 e. The average molecular weight is 393 g/mol. The number of carbonyl (C=O) groups is 1. The fourth-order valence-electron chi connectivity index (χ4n) is 1.79. The van der Waals surface area contributed by atoms with Gasteiger partial charge in [0.05, 0.1) is 26.2 Å². The number of esters is 1. The van der Waals surface area contributed by atoms with Gasteiger partial charge in [-0.25, -0.2) is 8.42 Å². The largest absolute Gasteiger partial charge is 0.460 e. The third-order valence-electron chi connectivity index (χ3n) is 3.17. The summed E-state index contributed by atoms with van der Waals surface area (Å²) < 4.78 is 36.3. The smallest absolute Gasteiger partial charge is 0.321 e. The molecule has 0 radical (unpaired) electrons. The first-order valence-corrected chi connectivity index (χ1v) is 8.96. The summed E-state index contributed by atoms with van der Waals surface area (Å²) in [7, 11) is -3.91. The third kappa shape index (κ3) is 4.47. The lowest BCUT2D eigenvalue weighted by molar-refractivity contribution is -0.143. The second kappa shape index (κ2) is 7.52. The van der Waals surface area contributed by atoms with Gasteiger partial charge in [-0.05, 0) is 32.0 Å². The molecule has 0 fully saturated rings. The van der Waals surface area contributed by atoms with Crippen molar-refractivity contribution in [3.05, 3.63) is 45.3 Å². The van der Waals surface area contributed by atoms with Crippen LogP contribution in [0.5, 0.6) is 0 Å². The van der Waals surface area contributed by atoms with Crippen molar-refractivity contribution in [1.82, 2.24) is 9.88 Å². The van der Waals surface area contributed by atoms with Gasteiger partial charge in [-0.2, -0.15) is 4.72 Å². The van der Waals surface area contributed by atoms with Crippen molar-refractivity contribution >= 4 is 39.2 Å². The van der Waals surface area contributed by atoms with Crippen molar-refractivity contribution in [2.24, 2.45) is 0 Å². The second-order valence-electron chi connectivity index (χ2n) is 4.86. The fourth-order valence-corrected chi connectivity index (χ4v) is 3.15. The topological polar surface area (TPSA) is 98.5 Å². The monoisotopic (exact) mass is 392 g/mol. The van der Waals surface area contributed by atoms with Gasteiger partial charge in [0, 0.05) is 0 Å². The summed E-state index contributed by atoms with van der Waals surface area (Å²) in [4.78, 5) is 11.6. The lowest BCUT2D eigenvalue weighted by Crippen LogP contribution is -2.30. The van der Waals surface area contributed by atoms with Gasteiger partial charge in [0.2, 0.25) is 10.0 Å². The van der Waals surface area contributed by atoms with Crippen LogP contribution in [0, 0.1) is 13.8 Å². The molecule has 2 rings (SSSR count). The molecule has 10 heteroatoms. The highest BCUT2D eigenvalue weighted by Gasteiger charge is 2.18. The number of nitrogens with one attached hydrogen (secondary N) is 1. The molecule has 1 N–H and O–H groups in total. The van der Waals surface area contributed by atoms with Crippen molar-refractivity contribution in [3.63, 3.8) is 0 Å². The lowest BCUT2D eigenvalue weighted by Gasteiger charge is -2.08. The number of aryl methyl sites for hydroxylation is 2. The summed E-state index contributed by atoms with van der Waals surface area (Å²) in [6, 6.07) is 3.83. The summed E-state index contributed by atoms with van der Waals surface area (Å²) in [5.41, 5.74) is 1.26. The first-order valence-electron chi connectivity index (χ1n) is 6.73. The molecule has 0 bridgehead atoms. The second-order valence-corrected chi connectivity index (χ2v) is 7.45. The molecule has 0 atom stereocenters. The Balaban J connectivity index is 1.94. The lowest BCUT2D eigenvalue weighted by atomic mass is 10.2. The molecule has 0 amide bonds. The van der Waals surface area contributed by atoms with E-state index in [0.29, 0.717) is 17.0 Å². The van der Waals surface area contributed by atoms with Crippen LogP contribution in [0.2, 0.25) is 10.0 Å². The van der Waals surface area contributed by atoms with Gasteiger partial charge in [0.15, 0.2) is 0 Å². The van der Waals surface area contributed by atoms with Crippen LogP contribution in [0.3, 0.4) is 0 Å². The van der Waals surface area contributed by atoms with Crippen LogP contribution in [0.15, 0.2) is 27.6 Å². The van der Waals surface area contributed by atoms with Crippen LogP contribution in [-0.2, 0) is 26.2 Å². The minimum atomic E-state index is -3.91. The van der Waals surface area contributed by atoms with Crippen molar-refractivity contribution in [2.45, 2.75) is 25.3 Å². The van der Waals surface area contributed by atoms with E-state index in [1.165, 1.54) is 18.2 Å². The number of sulfonamides is 1. The van der Waals surface area contributed by atoms with E-state index in [9.17, 15) is 13.2 Å². The van der Waals surface area contributed by atoms with Gasteiger partial charge < -0.3 is 9.26 Å². The summed E-state index contributed by atoms with van der Waals surface area (Å²) in [6.45, 7) is 2.84. The van der Waals surface area contributed by atoms with Crippen LogP contribution in [0.1, 0.15) is 17.0 Å². The first-order chi connectivity index (χ1) is 11.2. The SMILES string of the molecule is Cc1noc(C)c1COC(=O)CNS(=O)(=O)c1ccc(Cl)c(Cl)c1. The van der Waals surface area contributed by atoms with E-state index >= 15 is 0 Å². The van der Waals surface area contributed by atoms with Crippen LogP contribution in [0.4, 0.5) is 0 Å². The van der Waals surface area contributed by atoms with Gasteiger partial charge >= 0.3 is 5.97 Å². The molecule has 0 unspecified atom stereocenters. The molecule has 0 spiro atoms. The highest BCUT2D eigenvalue weighted by Crippen LogP contribution is 2.24. The Morgan fingerprint density at radius 1 is 1.29 bits per heavy atom. The number of halogens is 2. The number of rotatable bonds is 6. The summed E-state index contributed by atoms with van der Waals surface area (Å²) in [6.07, 6.45) is 0. The van der Waals surface area contributed by atoms with E-state index in [4.69, 9.17) is 32.5 Å². The molecular formula is C14H14Cl2N2O5S. The summed E-state index contributed by atoms with van der Waals surface area (Å²) >= 11 is 11.5. The molecule has 0 aliphatic heterocycles. The minimum absolute atomic E-state index is 0.0471. The normalized spacial score (nSPS) is 11.5. The molecule has 7 nitrogen and oxygen atoms in total. The van der Waals surface area contributed by atoms with Crippen LogP contribution < -0.4 is 4.72 Å². The Bertz CT molecular complexity index is 845. The van der Waals surface area contributed by atoms with E-state index in [1.54, 1.807) is 13.8 Å².